The number of hydrogen-bond donors (Lipinski definition) is 1. The smallest absolute Gasteiger partial charge is 0.123 e. The van der Waals surface area contributed by atoms with Gasteiger partial charge in [-0.3, -0.25) is 0 Å². The van der Waals surface area contributed by atoms with Crippen LogP contribution in [0.2, 0.25) is 0 Å². The number of ether oxygens (including phenoxy) is 1. The number of hydrogen-bond acceptors (Lipinski definition) is 2. The zero-order valence-electron chi connectivity index (χ0n) is 11.5. The maximum Gasteiger partial charge on any atom is 0.123 e. The Morgan fingerprint density at radius 1 is 1.20 bits per heavy atom. The van der Waals surface area contributed by atoms with E-state index in [0.717, 1.165) is 41.9 Å². The normalized spacial score (nSPS) is 15.3. The van der Waals surface area contributed by atoms with E-state index in [1.807, 2.05) is 19.1 Å². The molecule has 1 aliphatic rings. The molecule has 104 valence electrons. The Morgan fingerprint density at radius 2 is 2.05 bits per heavy atom. The molecule has 2 nitrogen and oxygen atoms in total. The number of rotatable bonds is 2. The van der Waals surface area contributed by atoms with E-state index in [2.05, 4.69) is 6.07 Å². The molecule has 0 bridgehead atoms. The van der Waals surface area contributed by atoms with Gasteiger partial charge in [0.15, 0.2) is 0 Å². The molecule has 0 fully saturated rings. The fourth-order valence-corrected chi connectivity index (χ4v) is 2.70. The van der Waals surface area contributed by atoms with Gasteiger partial charge in [0, 0.05) is 0 Å². The largest absolute Gasteiger partial charge is 0.493 e. The van der Waals surface area contributed by atoms with Gasteiger partial charge in [0.2, 0.25) is 0 Å². The van der Waals surface area contributed by atoms with Gasteiger partial charge >= 0.3 is 0 Å². The highest BCUT2D eigenvalue weighted by molar-refractivity contribution is 5.43. The molecule has 20 heavy (non-hydrogen) atoms. The van der Waals surface area contributed by atoms with Gasteiger partial charge in [-0.25, -0.2) is 4.39 Å². The monoisotopic (exact) mass is 271 g/mol. The summed E-state index contributed by atoms with van der Waals surface area (Å²) in [7, 11) is 0. The third kappa shape index (κ3) is 2.41. The summed E-state index contributed by atoms with van der Waals surface area (Å²) in [5, 5.41) is 0. The molecule has 0 spiro atoms. The summed E-state index contributed by atoms with van der Waals surface area (Å²) >= 11 is 0. The first kappa shape index (κ1) is 13.1. The van der Waals surface area contributed by atoms with Crippen molar-refractivity contribution in [2.24, 2.45) is 5.73 Å². The SMILES string of the molecule is Cc1ccc(F)cc1C(N)c1ccc2c(c1)CCCO2. The van der Waals surface area contributed by atoms with E-state index in [1.54, 1.807) is 6.07 Å². The van der Waals surface area contributed by atoms with E-state index in [9.17, 15) is 4.39 Å². The molecule has 2 aromatic rings. The molecule has 0 aliphatic carbocycles. The zero-order valence-corrected chi connectivity index (χ0v) is 11.5. The van der Waals surface area contributed by atoms with Crippen LogP contribution in [0.1, 0.15) is 34.7 Å². The van der Waals surface area contributed by atoms with Crippen molar-refractivity contribution in [3.05, 3.63) is 64.5 Å². The van der Waals surface area contributed by atoms with Crippen LogP contribution in [0.25, 0.3) is 0 Å². The summed E-state index contributed by atoms with van der Waals surface area (Å²) in [4.78, 5) is 0. The van der Waals surface area contributed by atoms with E-state index in [0.29, 0.717) is 0 Å². The average Bonchev–Trinajstić information content (AvgIpc) is 2.48. The lowest BCUT2D eigenvalue weighted by atomic mass is 9.93. The van der Waals surface area contributed by atoms with Crippen molar-refractivity contribution in [1.29, 1.82) is 0 Å². The predicted molar refractivity (Wildman–Crippen MR) is 77.4 cm³/mol. The third-order valence-electron chi connectivity index (χ3n) is 3.87. The van der Waals surface area contributed by atoms with Crippen molar-refractivity contribution in [2.75, 3.05) is 6.61 Å². The minimum atomic E-state index is -0.307. The fraction of sp³-hybridized carbons (Fsp3) is 0.294. The molecule has 1 atom stereocenters. The molecular weight excluding hydrogens is 253 g/mol. The Morgan fingerprint density at radius 3 is 2.90 bits per heavy atom. The second-order valence-corrected chi connectivity index (χ2v) is 5.30. The van der Waals surface area contributed by atoms with Crippen LogP contribution < -0.4 is 10.5 Å². The number of halogens is 1. The molecule has 0 saturated heterocycles. The minimum Gasteiger partial charge on any atom is -0.493 e. The second-order valence-electron chi connectivity index (χ2n) is 5.30. The molecule has 2 N–H and O–H groups in total. The first-order valence-corrected chi connectivity index (χ1v) is 6.92. The van der Waals surface area contributed by atoms with Crippen LogP contribution in [0.15, 0.2) is 36.4 Å². The van der Waals surface area contributed by atoms with Crippen molar-refractivity contribution < 1.29 is 9.13 Å². The highest BCUT2D eigenvalue weighted by atomic mass is 19.1. The molecule has 0 saturated carbocycles. The highest BCUT2D eigenvalue weighted by Crippen LogP contribution is 2.30. The minimum absolute atomic E-state index is 0.248. The van der Waals surface area contributed by atoms with Crippen LogP contribution in [0.3, 0.4) is 0 Å². The van der Waals surface area contributed by atoms with Gasteiger partial charge in [-0.2, -0.15) is 0 Å². The first-order chi connectivity index (χ1) is 9.65. The van der Waals surface area contributed by atoms with Gasteiger partial charge in [-0.1, -0.05) is 18.2 Å². The Balaban J connectivity index is 1.97. The standard InChI is InChI=1S/C17H18FNO/c1-11-4-6-14(18)10-15(11)17(19)13-5-7-16-12(9-13)3-2-8-20-16/h4-7,9-10,17H,2-3,8,19H2,1H3. The van der Waals surface area contributed by atoms with Crippen LogP contribution in [0, 0.1) is 12.7 Å². The zero-order chi connectivity index (χ0) is 14.1. The van der Waals surface area contributed by atoms with Crippen molar-refractivity contribution in [3.8, 4) is 5.75 Å². The van der Waals surface area contributed by atoms with Crippen molar-refractivity contribution in [3.63, 3.8) is 0 Å². The van der Waals surface area contributed by atoms with Crippen LogP contribution in [-0.2, 0) is 6.42 Å². The molecule has 0 aromatic heterocycles. The number of nitrogens with two attached hydrogens (primary N) is 1. The molecule has 3 rings (SSSR count). The summed E-state index contributed by atoms with van der Waals surface area (Å²) in [5.74, 6) is 0.700. The molecule has 2 aromatic carbocycles. The van der Waals surface area contributed by atoms with Gasteiger partial charge in [0.1, 0.15) is 11.6 Å². The molecule has 1 unspecified atom stereocenters. The quantitative estimate of drug-likeness (QED) is 0.907. The molecular formula is C17H18FNO. The highest BCUT2D eigenvalue weighted by Gasteiger charge is 2.16. The Bertz CT molecular complexity index is 639. The van der Waals surface area contributed by atoms with Gasteiger partial charge in [0.05, 0.1) is 12.6 Å². The molecule has 3 heteroatoms. The van der Waals surface area contributed by atoms with Crippen molar-refractivity contribution >= 4 is 0 Å². The van der Waals surface area contributed by atoms with E-state index in [4.69, 9.17) is 10.5 Å². The fourth-order valence-electron chi connectivity index (χ4n) is 2.70. The van der Waals surface area contributed by atoms with E-state index in [-0.39, 0.29) is 11.9 Å². The van der Waals surface area contributed by atoms with Crippen LogP contribution in [0.5, 0.6) is 5.75 Å². The van der Waals surface area contributed by atoms with Gasteiger partial charge < -0.3 is 10.5 Å². The molecule has 0 radical (unpaired) electrons. The lowest BCUT2D eigenvalue weighted by Crippen LogP contribution is -2.15. The average molecular weight is 271 g/mol. The summed E-state index contributed by atoms with van der Waals surface area (Å²) < 4.78 is 19.0. The summed E-state index contributed by atoms with van der Waals surface area (Å²) in [6.07, 6.45) is 2.04. The summed E-state index contributed by atoms with van der Waals surface area (Å²) in [5.41, 5.74) is 10.3. The third-order valence-corrected chi connectivity index (χ3v) is 3.87. The predicted octanol–water partition coefficient (Wildman–Crippen LogP) is 3.51. The number of fused-ring (bicyclic) bond motifs is 1. The van der Waals surface area contributed by atoms with E-state index < -0.39 is 0 Å². The first-order valence-electron chi connectivity index (χ1n) is 6.92. The van der Waals surface area contributed by atoms with Gasteiger partial charge in [0.25, 0.3) is 0 Å². The van der Waals surface area contributed by atoms with Crippen molar-refractivity contribution in [1.82, 2.24) is 0 Å². The van der Waals surface area contributed by atoms with E-state index in [1.165, 1.54) is 17.7 Å². The van der Waals surface area contributed by atoms with E-state index >= 15 is 0 Å². The van der Waals surface area contributed by atoms with Crippen LogP contribution in [0.4, 0.5) is 4.39 Å². The van der Waals surface area contributed by atoms with Gasteiger partial charge in [-0.05, 0) is 60.2 Å². The molecule has 1 heterocycles. The summed E-state index contributed by atoms with van der Waals surface area (Å²) in [6, 6.07) is 10.5. The molecule has 1 aliphatic heterocycles. The summed E-state index contributed by atoms with van der Waals surface area (Å²) in [6.45, 7) is 2.73. The Kier molecular flexibility index (Phi) is 3.45. The number of aryl methyl sites for hydroxylation is 2. The van der Waals surface area contributed by atoms with Crippen LogP contribution >= 0.6 is 0 Å². The Hall–Kier alpha value is -1.87. The maximum absolute atomic E-state index is 13.4. The van der Waals surface area contributed by atoms with Crippen molar-refractivity contribution in [2.45, 2.75) is 25.8 Å². The Labute approximate surface area is 118 Å². The maximum atomic E-state index is 13.4. The van der Waals surface area contributed by atoms with Gasteiger partial charge in [-0.15, -0.1) is 0 Å². The molecule has 0 amide bonds. The number of benzene rings is 2. The second kappa shape index (κ2) is 5.25. The lowest BCUT2D eigenvalue weighted by Gasteiger charge is -2.21. The lowest BCUT2D eigenvalue weighted by molar-refractivity contribution is 0.288. The van der Waals surface area contributed by atoms with Crippen LogP contribution in [-0.4, -0.2) is 6.61 Å². The topological polar surface area (TPSA) is 35.2 Å².